The van der Waals surface area contributed by atoms with Gasteiger partial charge in [0.15, 0.2) is 11.5 Å². The Balaban J connectivity index is 2.63. The Kier molecular flexibility index (Phi) is 3.68. The van der Waals surface area contributed by atoms with Gasteiger partial charge in [0.2, 0.25) is 0 Å². The van der Waals surface area contributed by atoms with Gasteiger partial charge in [-0.15, -0.1) is 0 Å². The molecule has 0 bridgehead atoms. The Labute approximate surface area is 86.1 Å². The van der Waals surface area contributed by atoms with E-state index in [0.717, 1.165) is 25.7 Å². The van der Waals surface area contributed by atoms with Gasteiger partial charge in [0.1, 0.15) is 0 Å². The predicted octanol–water partition coefficient (Wildman–Crippen LogP) is 3.52. The molecule has 1 fully saturated rings. The second kappa shape index (κ2) is 4.41. The van der Waals surface area contributed by atoms with E-state index in [9.17, 15) is 9.18 Å². The number of ketones is 1. The Hall–Kier alpha value is -0.400. The second-order valence-corrected chi connectivity index (χ2v) is 4.93. The van der Waals surface area contributed by atoms with Gasteiger partial charge in [0, 0.05) is 5.92 Å². The number of carbonyl (C=O) groups is 1. The number of halogens is 1. The number of hydrogen-bond acceptors (Lipinski definition) is 1. The molecule has 1 nitrogen and oxygen atoms in total. The van der Waals surface area contributed by atoms with Gasteiger partial charge in [-0.25, -0.2) is 4.39 Å². The zero-order valence-electron chi connectivity index (χ0n) is 9.48. The summed E-state index contributed by atoms with van der Waals surface area (Å²) in [6.07, 6.45) is 5.17. The van der Waals surface area contributed by atoms with Gasteiger partial charge in [-0.3, -0.25) is 4.79 Å². The van der Waals surface area contributed by atoms with Crippen molar-refractivity contribution < 1.29 is 9.18 Å². The molecular formula is C12H21FO. The molecule has 1 unspecified atom stereocenters. The third-order valence-electron chi connectivity index (χ3n) is 3.54. The predicted molar refractivity (Wildman–Crippen MR) is 55.9 cm³/mol. The quantitative estimate of drug-likeness (QED) is 0.681. The molecule has 2 heteroatoms. The molecular weight excluding hydrogens is 179 g/mol. The van der Waals surface area contributed by atoms with Crippen LogP contribution < -0.4 is 0 Å². The molecule has 1 atom stereocenters. The maximum atomic E-state index is 14.0. The van der Waals surface area contributed by atoms with Crippen molar-refractivity contribution in [1.82, 2.24) is 0 Å². The van der Waals surface area contributed by atoms with Crippen LogP contribution in [0.1, 0.15) is 52.9 Å². The van der Waals surface area contributed by atoms with E-state index < -0.39 is 5.67 Å². The highest BCUT2D eigenvalue weighted by Crippen LogP contribution is 2.32. The van der Waals surface area contributed by atoms with Crippen LogP contribution in [0.3, 0.4) is 0 Å². The van der Waals surface area contributed by atoms with Gasteiger partial charge in [0.05, 0.1) is 0 Å². The number of carbonyl (C=O) groups excluding carboxylic acids is 1. The number of hydrogen-bond donors (Lipinski definition) is 0. The van der Waals surface area contributed by atoms with Crippen LogP contribution in [0.15, 0.2) is 0 Å². The Morgan fingerprint density at radius 2 is 1.79 bits per heavy atom. The topological polar surface area (TPSA) is 17.1 Å². The summed E-state index contributed by atoms with van der Waals surface area (Å²) >= 11 is 0. The summed E-state index contributed by atoms with van der Waals surface area (Å²) in [6, 6.07) is 0. The van der Waals surface area contributed by atoms with Crippen molar-refractivity contribution in [1.29, 1.82) is 0 Å². The SMILES string of the molecule is CC(C)C(C)(F)C(=O)C1CCCCC1. The van der Waals surface area contributed by atoms with E-state index in [1.807, 2.05) is 0 Å². The van der Waals surface area contributed by atoms with Crippen molar-refractivity contribution in [3.8, 4) is 0 Å². The second-order valence-electron chi connectivity index (χ2n) is 4.93. The van der Waals surface area contributed by atoms with Gasteiger partial charge in [-0.05, 0) is 25.7 Å². The lowest BCUT2D eigenvalue weighted by Crippen LogP contribution is -2.41. The molecule has 1 aliphatic carbocycles. The van der Waals surface area contributed by atoms with Crippen molar-refractivity contribution in [3.05, 3.63) is 0 Å². The lowest BCUT2D eigenvalue weighted by Gasteiger charge is -2.29. The van der Waals surface area contributed by atoms with E-state index in [0.29, 0.717) is 0 Å². The third-order valence-corrected chi connectivity index (χ3v) is 3.54. The van der Waals surface area contributed by atoms with Gasteiger partial charge < -0.3 is 0 Å². The zero-order valence-corrected chi connectivity index (χ0v) is 9.48. The highest BCUT2D eigenvalue weighted by atomic mass is 19.1. The fraction of sp³-hybridized carbons (Fsp3) is 0.917. The molecule has 1 aliphatic rings. The summed E-state index contributed by atoms with van der Waals surface area (Å²) in [5.74, 6) is -0.384. The molecule has 0 radical (unpaired) electrons. The van der Waals surface area contributed by atoms with Crippen LogP contribution >= 0.6 is 0 Å². The standard InChI is InChI=1S/C12H21FO/c1-9(2)12(3,13)11(14)10-7-5-4-6-8-10/h9-10H,4-8H2,1-3H3. The summed E-state index contributed by atoms with van der Waals surface area (Å²) < 4.78 is 14.0. The summed E-state index contributed by atoms with van der Waals surface area (Å²) in [5.41, 5.74) is -1.62. The molecule has 0 saturated heterocycles. The van der Waals surface area contributed by atoms with Crippen molar-refractivity contribution in [2.75, 3.05) is 0 Å². The number of Topliss-reactive ketones (excluding diaryl/α,β-unsaturated/α-hetero) is 1. The Bertz CT molecular complexity index is 202. The minimum Gasteiger partial charge on any atom is -0.296 e. The first kappa shape index (κ1) is 11.7. The molecule has 0 heterocycles. The lowest BCUT2D eigenvalue weighted by atomic mass is 9.77. The molecule has 1 saturated carbocycles. The van der Waals surface area contributed by atoms with Crippen LogP contribution in [-0.4, -0.2) is 11.5 Å². The first-order valence-corrected chi connectivity index (χ1v) is 5.69. The maximum absolute atomic E-state index is 14.0. The summed E-state index contributed by atoms with van der Waals surface area (Å²) in [5, 5.41) is 0. The minimum atomic E-state index is -1.62. The molecule has 0 N–H and O–H groups in total. The molecule has 0 aliphatic heterocycles. The van der Waals surface area contributed by atoms with Crippen LogP contribution in [0.25, 0.3) is 0 Å². The monoisotopic (exact) mass is 200 g/mol. The maximum Gasteiger partial charge on any atom is 0.173 e. The molecule has 0 spiro atoms. The smallest absolute Gasteiger partial charge is 0.173 e. The first-order chi connectivity index (χ1) is 6.46. The molecule has 0 aromatic rings. The Morgan fingerprint density at radius 1 is 1.29 bits per heavy atom. The fourth-order valence-electron chi connectivity index (χ4n) is 2.05. The van der Waals surface area contributed by atoms with Crippen LogP contribution in [0.4, 0.5) is 4.39 Å². The number of rotatable bonds is 3. The molecule has 82 valence electrons. The number of alkyl halides is 1. The van der Waals surface area contributed by atoms with Gasteiger partial charge in [-0.2, -0.15) is 0 Å². The van der Waals surface area contributed by atoms with Crippen molar-refractivity contribution in [2.45, 2.75) is 58.5 Å². The van der Waals surface area contributed by atoms with Crippen molar-refractivity contribution in [3.63, 3.8) is 0 Å². The van der Waals surface area contributed by atoms with E-state index in [-0.39, 0.29) is 17.6 Å². The van der Waals surface area contributed by atoms with Gasteiger partial charge >= 0.3 is 0 Å². The molecule has 1 rings (SSSR count). The summed E-state index contributed by atoms with van der Waals surface area (Å²) in [4.78, 5) is 11.9. The van der Waals surface area contributed by atoms with E-state index in [1.54, 1.807) is 13.8 Å². The summed E-state index contributed by atoms with van der Waals surface area (Å²) in [7, 11) is 0. The van der Waals surface area contributed by atoms with Crippen molar-refractivity contribution >= 4 is 5.78 Å². The molecule has 0 amide bonds. The van der Waals surface area contributed by atoms with Crippen molar-refractivity contribution in [2.24, 2.45) is 11.8 Å². The van der Waals surface area contributed by atoms with Crippen LogP contribution in [-0.2, 0) is 4.79 Å². The van der Waals surface area contributed by atoms with Crippen LogP contribution in [0, 0.1) is 11.8 Å². The fourth-order valence-corrected chi connectivity index (χ4v) is 2.05. The normalized spacial score (nSPS) is 23.5. The van der Waals surface area contributed by atoms with E-state index in [1.165, 1.54) is 13.3 Å². The zero-order chi connectivity index (χ0) is 10.8. The van der Waals surface area contributed by atoms with E-state index in [2.05, 4.69) is 0 Å². The lowest BCUT2D eigenvalue weighted by molar-refractivity contribution is -0.137. The average Bonchev–Trinajstić information content (AvgIpc) is 2.17. The van der Waals surface area contributed by atoms with E-state index >= 15 is 0 Å². The Morgan fingerprint density at radius 3 is 2.21 bits per heavy atom. The van der Waals surface area contributed by atoms with Gasteiger partial charge in [-0.1, -0.05) is 33.1 Å². The van der Waals surface area contributed by atoms with E-state index in [4.69, 9.17) is 0 Å². The molecule has 0 aromatic carbocycles. The molecule has 0 aromatic heterocycles. The van der Waals surface area contributed by atoms with Crippen LogP contribution in [0.2, 0.25) is 0 Å². The summed E-state index contributed by atoms with van der Waals surface area (Å²) in [6.45, 7) is 5.00. The average molecular weight is 200 g/mol. The van der Waals surface area contributed by atoms with Crippen LogP contribution in [0.5, 0.6) is 0 Å². The first-order valence-electron chi connectivity index (χ1n) is 5.69. The minimum absolute atomic E-state index is 0.0128. The molecule has 14 heavy (non-hydrogen) atoms. The largest absolute Gasteiger partial charge is 0.296 e. The third kappa shape index (κ3) is 2.34. The highest BCUT2D eigenvalue weighted by molar-refractivity contribution is 5.89. The van der Waals surface area contributed by atoms with Gasteiger partial charge in [0.25, 0.3) is 0 Å². The highest BCUT2D eigenvalue weighted by Gasteiger charge is 2.40.